The molecule has 2 heteroatoms. The van der Waals surface area contributed by atoms with Crippen LogP contribution in [0.5, 0.6) is 0 Å². The van der Waals surface area contributed by atoms with E-state index in [1.165, 1.54) is 17.5 Å². The lowest BCUT2D eigenvalue weighted by Gasteiger charge is -2.33. The van der Waals surface area contributed by atoms with Gasteiger partial charge in [-0.3, -0.25) is 4.90 Å². The summed E-state index contributed by atoms with van der Waals surface area (Å²) in [7, 11) is 0. The summed E-state index contributed by atoms with van der Waals surface area (Å²) in [5.41, 5.74) is 2.61. The Morgan fingerprint density at radius 3 is 2.00 bits per heavy atom. The van der Waals surface area contributed by atoms with Gasteiger partial charge in [0, 0.05) is 6.04 Å². The largest absolute Gasteiger partial charge is 0.395 e. The van der Waals surface area contributed by atoms with Crippen LogP contribution in [0.4, 0.5) is 0 Å². The van der Waals surface area contributed by atoms with Crippen molar-refractivity contribution in [2.24, 2.45) is 0 Å². The Morgan fingerprint density at radius 2 is 1.50 bits per heavy atom. The maximum absolute atomic E-state index is 9.64. The zero-order valence-corrected chi connectivity index (χ0v) is 11.7. The van der Waals surface area contributed by atoms with Gasteiger partial charge in [0.25, 0.3) is 0 Å². The number of aliphatic hydroxyl groups excluding tert-OH is 1. The molecule has 1 N–H and O–H groups in total. The first-order valence-corrected chi connectivity index (χ1v) is 7.36. The van der Waals surface area contributed by atoms with E-state index < -0.39 is 0 Å². The molecule has 1 aliphatic heterocycles. The van der Waals surface area contributed by atoms with Gasteiger partial charge in [-0.05, 0) is 30.5 Å². The number of benzene rings is 2. The van der Waals surface area contributed by atoms with Crippen LogP contribution in [0.25, 0.3) is 0 Å². The first kappa shape index (κ1) is 13.3. The molecule has 0 radical (unpaired) electrons. The Balaban J connectivity index is 2.00. The summed E-state index contributed by atoms with van der Waals surface area (Å²) in [6.45, 7) is 1.30. The Morgan fingerprint density at radius 1 is 0.950 bits per heavy atom. The van der Waals surface area contributed by atoms with Gasteiger partial charge in [-0.25, -0.2) is 0 Å². The topological polar surface area (TPSA) is 23.5 Å². The highest BCUT2D eigenvalue weighted by molar-refractivity contribution is 5.32. The van der Waals surface area contributed by atoms with Gasteiger partial charge < -0.3 is 5.11 Å². The predicted molar refractivity (Wildman–Crippen MR) is 81.5 cm³/mol. The quantitative estimate of drug-likeness (QED) is 0.919. The van der Waals surface area contributed by atoms with Crippen molar-refractivity contribution < 1.29 is 5.11 Å². The summed E-state index contributed by atoms with van der Waals surface area (Å²) in [6, 6.07) is 21.7. The van der Waals surface area contributed by atoms with E-state index >= 15 is 0 Å². The average molecular weight is 267 g/mol. The van der Waals surface area contributed by atoms with Crippen molar-refractivity contribution in [3.05, 3.63) is 71.8 Å². The lowest BCUT2D eigenvalue weighted by atomic mass is 9.96. The molecule has 0 amide bonds. The third kappa shape index (κ3) is 2.62. The minimum atomic E-state index is 0.246. The Bertz CT molecular complexity index is 486. The molecule has 0 aliphatic carbocycles. The van der Waals surface area contributed by atoms with E-state index in [0.717, 1.165) is 13.0 Å². The van der Waals surface area contributed by atoms with Crippen LogP contribution in [0.2, 0.25) is 0 Å². The molecule has 3 rings (SSSR count). The molecule has 1 heterocycles. The van der Waals surface area contributed by atoms with Gasteiger partial charge in [-0.15, -0.1) is 0 Å². The van der Waals surface area contributed by atoms with E-state index in [1.54, 1.807) is 0 Å². The van der Waals surface area contributed by atoms with Crippen LogP contribution in [0, 0.1) is 0 Å². The second-order valence-electron chi connectivity index (χ2n) is 5.44. The van der Waals surface area contributed by atoms with Crippen molar-refractivity contribution in [3.63, 3.8) is 0 Å². The minimum Gasteiger partial charge on any atom is -0.395 e. The van der Waals surface area contributed by atoms with Crippen LogP contribution in [0.15, 0.2) is 60.7 Å². The highest BCUT2D eigenvalue weighted by atomic mass is 16.3. The molecule has 2 aromatic rings. The number of nitrogens with zero attached hydrogens (tertiary/aromatic N) is 1. The van der Waals surface area contributed by atoms with Gasteiger partial charge in [0.15, 0.2) is 0 Å². The summed E-state index contributed by atoms with van der Waals surface area (Å²) in [5.74, 6) is 0. The minimum absolute atomic E-state index is 0.246. The molecule has 0 saturated carbocycles. The van der Waals surface area contributed by atoms with E-state index in [9.17, 15) is 5.11 Å². The van der Waals surface area contributed by atoms with Crippen molar-refractivity contribution in [2.75, 3.05) is 13.2 Å². The van der Waals surface area contributed by atoms with E-state index in [4.69, 9.17) is 0 Å². The molecule has 0 bridgehead atoms. The SMILES string of the molecule is OCC1CCCN1C(c1ccccc1)c1ccccc1. The molecule has 20 heavy (non-hydrogen) atoms. The van der Waals surface area contributed by atoms with E-state index in [0.29, 0.717) is 0 Å². The lowest BCUT2D eigenvalue weighted by Crippen LogP contribution is -2.36. The lowest BCUT2D eigenvalue weighted by molar-refractivity contribution is 0.134. The molecule has 0 aromatic heterocycles. The van der Waals surface area contributed by atoms with Gasteiger partial charge in [0.1, 0.15) is 0 Å². The van der Waals surface area contributed by atoms with Crippen LogP contribution in [-0.2, 0) is 0 Å². The fourth-order valence-corrected chi connectivity index (χ4v) is 3.24. The van der Waals surface area contributed by atoms with Crippen molar-refractivity contribution >= 4 is 0 Å². The first-order chi connectivity index (χ1) is 9.90. The molecule has 0 spiro atoms. The Hall–Kier alpha value is -1.64. The second kappa shape index (κ2) is 6.21. The normalized spacial score (nSPS) is 19.6. The van der Waals surface area contributed by atoms with E-state index in [1.807, 2.05) is 0 Å². The fourth-order valence-electron chi connectivity index (χ4n) is 3.24. The number of aliphatic hydroxyl groups is 1. The smallest absolute Gasteiger partial charge is 0.0604 e. The van der Waals surface area contributed by atoms with E-state index in [2.05, 4.69) is 65.6 Å². The van der Waals surface area contributed by atoms with Crippen molar-refractivity contribution in [3.8, 4) is 0 Å². The third-order valence-corrected chi connectivity index (χ3v) is 4.20. The highest BCUT2D eigenvalue weighted by Gasteiger charge is 2.31. The summed E-state index contributed by atoms with van der Waals surface area (Å²) < 4.78 is 0. The standard InChI is InChI=1S/C18H21NO/c20-14-17-12-7-13-19(17)18(15-8-3-1-4-9-15)16-10-5-2-6-11-16/h1-6,8-11,17-18,20H,7,12-14H2. The van der Waals surface area contributed by atoms with Gasteiger partial charge in [0.05, 0.1) is 12.6 Å². The second-order valence-corrected chi connectivity index (χ2v) is 5.44. The summed E-state index contributed by atoms with van der Waals surface area (Å²) in [4.78, 5) is 2.45. The maximum atomic E-state index is 9.64. The van der Waals surface area contributed by atoms with Crippen molar-refractivity contribution in [1.82, 2.24) is 4.90 Å². The Kier molecular flexibility index (Phi) is 4.14. The molecular formula is C18H21NO. The monoisotopic (exact) mass is 267 g/mol. The van der Waals surface area contributed by atoms with Gasteiger partial charge in [-0.2, -0.15) is 0 Å². The fraction of sp³-hybridized carbons (Fsp3) is 0.333. The van der Waals surface area contributed by atoms with Crippen LogP contribution in [-0.4, -0.2) is 29.2 Å². The predicted octanol–water partition coefficient (Wildman–Crippen LogP) is 3.23. The molecule has 1 fully saturated rings. The highest BCUT2D eigenvalue weighted by Crippen LogP contribution is 2.34. The van der Waals surface area contributed by atoms with Crippen LogP contribution >= 0.6 is 0 Å². The number of hydrogen-bond donors (Lipinski definition) is 1. The molecule has 104 valence electrons. The first-order valence-electron chi connectivity index (χ1n) is 7.36. The molecule has 2 aromatic carbocycles. The average Bonchev–Trinajstić information content (AvgIpc) is 2.98. The van der Waals surface area contributed by atoms with Crippen LogP contribution in [0.3, 0.4) is 0 Å². The van der Waals surface area contributed by atoms with Gasteiger partial charge in [0.2, 0.25) is 0 Å². The zero-order valence-electron chi connectivity index (χ0n) is 11.7. The molecular weight excluding hydrogens is 246 g/mol. The number of rotatable bonds is 4. The van der Waals surface area contributed by atoms with E-state index in [-0.39, 0.29) is 18.7 Å². The summed E-state index contributed by atoms with van der Waals surface area (Å²) in [5, 5.41) is 9.64. The molecule has 2 nitrogen and oxygen atoms in total. The molecule has 1 saturated heterocycles. The van der Waals surface area contributed by atoms with Crippen molar-refractivity contribution in [2.45, 2.75) is 24.9 Å². The summed E-state index contributed by atoms with van der Waals surface area (Å²) in [6.07, 6.45) is 2.26. The van der Waals surface area contributed by atoms with Crippen LogP contribution in [0.1, 0.15) is 30.0 Å². The van der Waals surface area contributed by atoms with Gasteiger partial charge in [-0.1, -0.05) is 60.7 Å². The number of hydrogen-bond acceptors (Lipinski definition) is 2. The third-order valence-electron chi connectivity index (χ3n) is 4.20. The molecule has 1 aliphatic rings. The summed E-state index contributed by atoms with van der Waals surface area (Å²) >= 11 is 0. The van der Waals surface area contributed by atoms with Crippen LogP contribution < -0.4 is 0 Å². The Labute approximate surface area is 120 Å². The molecule has 1 atom stereocenters. The maximum Gasteiger partial charge on any atom is 0.0604 e. The zero-order chi connectivity index (χ0) is 13.8. The molecule has 1 unspecified atom stereocenters. The number of likely N-dealkylation sites (tertiary alicyclic amines) is 1. The van der Waals surface area contributed by atoms with Crippen molar-refractivity contribution in [1.29, 1.82) is 0 Å². The van der Waals surface area contributed by atoms with Gasteiger partial charge >= 0.3 is 0 Å².